The predicted octanol–water partition coefficient (Wildman–Crippen LogP) is 3.58. The van der Waals surface area contributed by atoms with Crippen LogP contribution < -0.4 is 10.6 Å². The Kier molecular flexibility index (Phi) is 5.78. The van der Waals surface area contributed by atoms with E-state index in [-0.39, 0.29) is 17.2 Å². The third kappa shape index (κ3) is 4.45. The first-order chi connectivity index (χ1) is 12.8. The summed E-state index contributed by atoms with van der Waals surface area (Å²) in [4.78, 5) is 24.6. The van der Waals surface area contributed by atoms with Gasteiger partial charge in [0.25, 0.3) is 0 Å². The van der Waals surface area contributed by atoms with Crippen LogP contribution in [0.4, 0.5) is 11.4 Å². The van der Waals surface area contributed by atoms with Crippen LogP contribution in [0.2, 0.25) is 5.02 Å². The fourth-order valence-electron chi connectivity index (χ4n) is 2.61. The van der Waals surface area contributed by atoms with Gasteiger partial charge in [0, 0.05) is 11.3 Å². The monoisotopic (exact) mass is 424 g/mol. The molecule has 2 N–H and O–H groups in total. The summed E-state index contributed by atoms with van der Waals surface area (Å²) in [6, 6.07) is 11.3. The average Bonchev–Trinajstić information content (AvgIpc) is 2.62. The first-order valence-electron chi connectivity index (χ1n) is 8.12. The van der Waals surface area contributed by atoms with Crippen molar-refractivity contribution in [3.05, 3.63) is 47.5 Å². The van der Waals surface area contributed by atoms with Crippen LogP contribution in [0.1, 0.15) is 13.3 Å². The molecule has 9 heteroatoms. The van der Waals surface area contributed by atoms with Gasteiger partial charge in [-0.3, -0.25) is 9.59 Å². The molecule has 142 valence electrons. The van der Waals surface area contributed by atoms with E-state index in [0.29, 0.717) is 22.2 Å². The molecule has 0 fully saturated rings. The van der Waals surface area contributed by atoms with Gasteiger partial charge in [-0.05, 0) is 37.3 Å². The SMILES string of the molecule is C[C@H](CC(=O)Nc1ccccc1Cl)S(=O)(=O)c1ccc2c(c1)NC(=O)CS2. The Labute approximate surface area is 166 Å². The van der Waals surface area contributed by atoms with Crippen molar-refractivity contribution in [1.29, 1.82) is 0 Å². The van der Waals surface area contributed by atoms with Crippen molar-refractivity contribution in [2.24, 2.45) is 0 Å². The predicted molar refractivity (Wildman–Crippen MR) is 107 cm³/mol. The molecule has 0 saturated heterocycles. The van der Waals surface area contributed by atoms with Crippen molar-refractivity contribution in [1.82, 2.24) is 0 Å². The molecule has 0 unspecified atom stereocenters. The zero-order valence-corrected chi connectivity index (χ0v) is 16.7. The molecule has 1 atom stereocenters. The zero-order valence-electron chi connectivity index (χ0n) is 14.4. The van der Waals surface area contributed by atoms with Gasteiger partial charge in [-0.15, -0.1) is 11.8 Å². The molecule has 2 amide bonds. The number of carbonyl (C=O) groups is 2. The third-order valence-corrected chi connectivity index (χ3v) is 7.60. The van der Waals surface area contributed by atoms with Crippen molar-refractivity contribution in [3.8, 4) is 0 Å². The van der Waals surface area contributed by atoms with Crippen molar-refractivity contribution < 1.29 is 18.0 Å². The third-order valence-electron chi connectivity index (χ3n) is 4.06. The molecule has 3 rings (SSSR count). The van der Waals surface area contributed by atoms with Crippen LogP contribution in [0.3, 0.4) is 0 Å². The van der Waals surface area contributed by atoms with Crippen LogP contribution in [0, 0.1) is 0 Å². The second kappa shape index (κ2) is 7.92. The lowest BCUT2D eigenvalue weighted by Crippen LogP contribution is -2.25. The lowest BCUT2D eigenvalue weighted by Gasteiger charge is -2.18. The number of para-hydroxylation sites is 1. The number of fused-ring (bicyclic) bond motifs is 1. The Morgan fingerprint density at radius 2 is 2.04 bits per heavy atom. The normalized spacial score (nSPS) is 14.8. The van der Waals surface area contributed by atoms with E-state index >= 15 is 0 Å². The Hall–Kier alpha value is -2.03. The summed E-state index contributed by atoms with van der Waals surface area (Å²) in [5, 5.41) is 4.74. The molecule has 1 aliphatic rings. The number of benzene rings is 2. The molecule has 27 heavy (non-hydrogen) atoms. The van der Waals surface area contributed by atoms with E-state index in [0.717, 1.165) is 4.90 Å². The van der Waals surface area contributed by atoms with E-state index in [4.69, 9.17) is 11.6 Å². The Bertz CT molecular complexity index is 1010. The molecule has 0 saturated carbocycles. The molecule has 2 aromatic rings. The number of amides is 2. The van der Waals surface area contributed by atoms with Crippen LogP contribution in [0.25, 0.3) is 0 Å². The summed E-state index contributed by atoms with van der Waals surface area (Å²) in [6.07, 6.45) is -0.217. The standard InChI is InChI=1S/C18H17ClN2O4S2/c1-11(8-17(22)20-14-5-3-2-4-13(14)19)27(24,25)12-6-7-16-15(9-12)21-18(23)10-26-16/h2-7,9,11H,8,10H2,1H3,(H,20,22)(H,21,23)/t11-/m1/s1. The minimum absolute atomic E-state index is 0.0714. The zero-order chi connectivity index (χ0) is 19.6. The summed E-state index contributed by atoms with van der Waals surface area (Å²) in [6.45, 7) is 1.48. The summed E-state index contributed by atoms with van der Waals surface area (Å²) in [7, 11) is -3.74. The van der Waals surface area contributed by atoms with Gasteiger partial charge < -0.3 is 10.6 Å². The van der Waals surface area contributed by atoms with Gasteiger partial charge in [-0.25, -0.2) is 8.42 Å². The highest BCUT2D eigenvalue weighted by Crippen LogP contribution is 2.34. The van der Waals surface area contributed by atoms with Gasteiger partial charge in [0.2, 0.25) is 11.8 Å². The van der Waals surface area contributed by atoms with Gasteiger partial charge >= 0.3 is 0 Å². The van der Waals surface area contributed by atoms with E-state index in [1.165, 1.54) is 30.8 Å². The Morgan fingerprint density at radius 3 is 2.78 bits per heavy atom. The fourth-order valence-corrected chi connectivity index (χ4v) is 4.95. The number of hydrogen-bond donors (Lipinski definition) is 2. The molecular weight excluding hydrogens is 408 g/mol. The Morgan fingerprint density at radius 1 is 1.30 bits per heavy atom. The highest BCUT2D eigenvalue weighted by atomic mass is 35.5. The lowest BCUT2D eigenvalue weighted by atomic mass is 10.3. The number of rotatable bonds is 5. The van der Waals surface area contributed by atoms with E-state index < -0.39 is 21.0 Å². The molecule has 0 spiro atoms. The summed E-state index contributed by atoms with van der Waals surface area (Å²) in [5.41, 5.74) is 0.910. The van der Waals surface area contributed by atoms with Crippen LogP contribution in [0.5, 0.6) is 0 Å². The molecular formula is C18H17ClN2O4S2. The lowest BCUT2D eigenvalue weighted by molar-refractivity contribution is -0.116. The number of hydrogen-bond acceptors (Lipinski definition) is 5. The molecule has 0 bridgehead atoms. The molecule has 6 nitrogen and oxygen atoms in total. The van der Waals surface area contributed by atoms with Crippen molar-refractivity contribution in [2.45, 2.75) is 28.4 Å². The maximum Gasteiger partial charge on any atom is 0.234 e. The van der Waals surface area contributed by atoms with Gasteiger partial charge in [-0.2, -0.15) is 0 Å². The van der Waals surface area contributed by atoms with Gasteiger partial charge in [0.1, 0.15) is 0 Å². The molecule has 2 aromatic carbocycles. The summed E-state index contributed by atoms with van der Waals surface area (Å²) >= 11 is 7.35. The summed E-state index contributed by atoms with van der Waals surface area (Å²) in [5.74, 6) is -0.312. The van der Waals surface area contributed by atoms with E-state index in [2.05, 4.69) is 10.6 Å². The summed E-state index contributed by atoms with van der Waals surface area (Å²) < 4.78 is 25.7. The van der Waals surface area contributed by atoms with Gasteiger partial charge in [0.15, 0.2) is 9.84 Å². The van der Waals surface area contributed by atoms with Crippen LogP contribution in [-0.2, 0) is 19.4 Å². The van der Waals surface area contributed by atoms with Crippen LogP contribution in [0.15, 0.2) is 52.3 Å². The largest absolute Gasteiger partial charge is 0.325 e. The fraction of sp³-hybridized carbons (Fsp3) is 0.222. The number of thioether (sulfide) groups is 1. The molecule has 0 radical (unpaired) electrons. The minimum Gasteiger partial charge on any atom is -0.325 e. The molecule has 0 aromatic heterocycles. The highest BCUT2D eigenvalue weighted by Gasteiger charge is 2.27. The van der Waals surface area contributed by atoms with Crippen molar-refractivity contribution >= 4 is 56.4 Å². The van der Waals surface area contributed by atoms with E-state index in [1.54, 1.807) is 30.3 Å². The topological polar surface area (TPSA) is 92.3 Å². The highest BCUT2D eigenvalue weighted by molar-refractivity contribution is 8.00. The number of nitrogens with one attached hydrogen (secondary N) is 2. The molecule has 1 heterocycles. The van der Waals surface area contributed by atoms with E-state index in [9.17, 15) is 18.0 Å². The quantitative estimate of drug-likeness (QED) is 0.765. The van der Waals surface area contributed by atoms with Crippen LogP contribution in [-0.4, -0.2) is 31.2 Å². The van der Waals surface area contributed by atoms with E-state index in [1.807, 2.05) is 0 Å². The number of sulfone groups is 1. The van der Waals surface area contributed by atoms with Crippen molar-refractivity contribution in [3.63, 3.8) is 0 Å². The second-order valence-corrected chi connectivity index (χ2v) is 9.87. The number of carbonyl (C=O) groups excluding carboxylic acids is 2. The average molecular weight is 425 g/mol. The smallest absolute Gasteiger partial charge is 0.234 e. The number of anilines is 2. The maximum atomic E-state index is 12.8. The van der Waals surface area contributed by atoms with Crippen molar-refractivity contribution in [2.75, 3.05) is 16.4 Å². The molecule has 1 aliphatic heterocycles. The maximum absolute atomic E-state index is 12.8. The first kappa shape index (κ1) is 19.7. The van der Waals surface area contributed by atoms with Crippen LogP contribution >= 0.6 is 23.4 Å². The Balaban J connectivity index is 1.74. The first-order valence-corrected chi connectivity index (χ1v) is 11.0. The molecule has 0 aliphatic carbocycles. The minimum atomic E-state index is -3.74. The number of halogens is 1. The van der Waals surface area contributed by atoms with Gasteiger partial charge in [-0.1, -0.05) is 23.7 Å². The second-order valence-electron chi connectivity index (χ2n) is 6.08. The van der Waals surface area contributed by atoms with Gasteiger partial charge in [0.05, 0.1) is 32.3 Å².